The number of carbonyl (C=O) groups is 1. The third-order valence-corrected chi connectivity index (χ3v) is 6.75. The zero-order valence-electron chi connectivity index (χ0n) is 18.4. The first-order chi connectivity index (χ1) is 16.2. The van der Waals surface area contributed by atoms with Gasteiger partial charge >= 0.3 is 0 Å². The summed E-state index contributed by atoms with van der Waals surface area (Å²) in [5, 5.41) is 15.5. The van der Waals surface area contributed by atoms with Crippen molar-refractivity contribution < 1.29 is 4.79 Å². The van der Waals surface area contributed by atoms with Crippen LogP contribution in [0.4, 0.5) is 11.5 Å². The number of imidazole rings is 1. The minimum absolute atomic E-state index is 0.00103. The van der Waals surface area contributed by atoms with E-state index < -0.39 is 0 Å². The summed E-state index contributed by atoms with van der Waals surface area (Å²) >= 11 is 0. The van der Waals surface area contributed by atoms with E-state index in [1.54, 1.807) is 10.8 Å². The molecule has 9 heteroatoms. The number of hydrogen-bond donors (Lipinski definition) is 1. The quantitative estimate of drug-likeness (QED) is 0.522. The van der Waals surface area contributed by atoms with Crippen molar-refractivity contribution >= 4 is 23.1 Å². The molecule has 6 rings (SSSR count). The summed E-state index contributed by atoms with van der Waals surface area (Å²) in [5.74, 6) is 1.99. The molecule has 0 unspecified atom stereocenters. The number of piperidine rings is 1. The maximum Gasteiger partial charge on any atom is 0.227 e. The van der Waals surface area contributed by atoms with Gasteiger partial charge in [0, 0.05) is 48.7 Å². The molecule has 9 nitrogen and oxygen atoms in total. The average molecular weight is 443 g/mol. The number of aryl methyl sites for hydroxylation is 1. The molecule has 0 radical (unpaired) electrons. The van der Waals surface area contributed by atoms with E-state index >= 15 is 0 Å². The van der Waals surface area contributed by atoms with Crippen LogP contribution in [0.1, 0.15) is 31.4 Å². The van der Waals surface area contributed by atoms with E-state index in [9.17, 15) is 4.79 Å². The number of aromatic nitrogens is 6. The van der Waals surface area contributed by atoms with Crippen LogP contribution in [0.3, 0.4) is 0 Å². The number of nitrogens with one attached hydrogen (secondary N) is 1. The molecule has 0 aliphatic carbocycles. The van der Waals surface area contributed by atoms with Crippen LogP contribution in [0.15, 0.2) is 48.9 Å². The van der Waals surface area contributed by atoms with E-state index in [4.69, 9.17) is 0 Å². The maximum atomic E-state index is 12.9. The molecule has 5 heterocycles. The normalized spacial score (nSPS) is 16.7. The summed E-state index contributed by atoms with van der Waals surface area (Å²) in [7, 11) is 0. The van der Waals surface area contributed by atoms with E-state index in [0.717, 1.165) is 67.4 Å². The summed E-state index contributed by atoms with van der Waals surface area (Å²) in [6.07, 6.45) is 8.74. The second kappa shape index (κ2) is 8.31. The minimum atomic E-state index is -0.00103. The zero-order chi connectivity index (χ0) is 22.2. The first-order valence-corrected chi connectivity index (χ1v) is 11.6. The van der Waals surface area contributed by atoms with Gasteiger partial charge in [-0.1, -0.05) is 0 Å². The van der Waals surface area contributed by atoms with Crippen LogP contribution in [0.25, 0.3) is 17.0 Å². The lowest BCUT2D eigenvalue weighted by Gasteiger charge is -2.32. The Hall–Kier alpha value is -3.75. The molecule has 2 aliphatic heterocycles. The zero-order valence-corrected chi connectivity index (χ0v) is 18.4. The van der Waals surface area contributed by atoms with Crippen LogP contribution in [-0.2, 0) is 17.8 Å². The highest BCUT2D eigenvalue weighted by molar-refractivity contribution is 5.93. The molecule has 0 atom stereocenters. The largest absolute Gasteiger partial charge is 0.355 e. The smallest absolute Gasteiger partial charge is 0.227 e. The Balaban J connectivity index is 1.07. The SMILES string of the molecule is O=C(Nc1ccc(-c2ncc3n2CCCC3)cc1)C1CCN(c2ccc3nncn3n2)CC1. The Kier molecular flexibility index (Phi) is 5.01. The number of carbonyl (C=O) groups excluding carboxylic acids is 1. The molecule has 1 saturated heterocycles. The predicted molar refractivity (Wildman–Crippen MR) is 125 cm³/mol. The molecule has 1 amide bonds. The van der Waals surface area contributed by atoms with Gasteiger partial charge in [0.25, 0.3) is 0 Å². The van der Waals surface area contributed by atoms with Gasteiger partial charge in [-0.15, -0.1) is 15.3 Å². The van der Waals surface area contributed by atoms with E-state index in [-0.39, 0.29) is 11.8 Å². The van der Waals surface area contributed by atoms with Crippen molar-refractivity contribution in [3.63, 3.8) is 0 Å². The van der Waals surface area contributed by atoms with E-state index in [2.05, 4.69) is 47.2 Å². The number of rotatable bonds is 4. The van der Waals surface area contributed by atoms with Crippen molar-refractivity contribution in [2.75, 3.05) is 23.3 Å². The molecule has 33 heavy (non-hydrogen) atoms. The molecule has 1 fully saturated rings. The van der Waals surface area contributed by atoms with Gasteiger partial charge in [-0.3, -0.25) is 4.79 Å². The van der Waals surface area contributed by atoms with Gasteiger partial charge in [-0.05, 0) is 68.5 Å². The highest BCUT2D eigenvalue weighted by atomic mass is 16.1. The van der Waals surface area contributed by atoms with Crippen molar-refractivity contribution in [3.05, 3.63) is 54.6 Å². The Morgan fingerprint density at radius 3 is 2.70 bits per heavy atom. The van der Waals surface area contributed by atoms with Gasteiger partial charge in [-0.2, -0.15) is 4.52 Å². The molecule has 2 aliphatic rings. The molecule has 0 bridgehead atoms. The second-order valence-corrected chi connectivity index (χ2v) is 8.84. The number of anilines is 2. The number of fused-ring (bicyclic) bond motifs is 2. The minimum Gasteiger partial charge on any atom is -0.355 e. The van der Waals surface area contributed by atoms with Gasteiger partial charge in [0.15, 0.2) is 5.65 Å². The molecular formula is C24H26N8O. The van der Waals surface area contributed by atoms with Gasteiger partial charge in [0.2, 0.25) is 5.91 Å². The van der Waals surface area contributed by atoms with Crippen LogP contribution < -0.4 is 10.2 Å². The Bertz CT molecular complexity index is 1280. The Morgan fingerprint density at radius 1 is 1.00 bits per heavy atom. The Labute approximate surface area is 191 Å². The lowest BCUT2D eigenvalue weighted by molar-refractivity contribution is -0.120. The van der Waals surface area contributed by atoms with Crippen molar-refractivity contribution in [1.82, 2.24) is 29.4 Å². The third kappa shape index (κ3) is 3.83. The number of nitrogens with zero attached hydrogens (tertiary/aromatic N) is 7. The topological polar surface area (TPSA) is 93.2 Å². The molecule has 3 aromatic heterocycles. The van der Waals surface area contributed by atoms with Gasteiger partial charge in [0.1, 0.15) is 18.0 Å². The lowest BCUT2D eigenvalue weighted by Crippen LogP contribution is -2.38. The van der Waals surface area contributed by atoms with Crippen LogP contribution in [-0.4, -0.2) is 48.4 Å². The molecule has 168 valence electrons. The fourth-order valence-electron chi connectivity index (χ4n) is 4.87. The van der Waals surface area contributed by atoms with E-state index in [0.29, 0.717) is 0 Å². The molecule has 4 aromatic rings. The van der Waals surface area contributed by atoms with Crippen molar-refractivity contribution in [2.24, 2.45) is 5.92 Å². The summed E-state index contributed by atoms with van der Waals surface area (Å²) in [6.45, 7) is 2.62. The standard InChI is InChI=1S/C24H26N8O/c33-24(18-10-13-30(14-11-18)22-9-8-21-28-26-16-32(21)29-22)27-19-6-4-17(5-7-19)23-25-15-20-3-1-2-12-31(20)23/h4-9,15-16,18H,1-3,10-14H2,(H,27,33). The van der Waals surface area contributed by atoms with Crippen LogP contribution in [0, 0.1) is 5.92 Å². The fraction of sp³-hybridized carbons (Fsp3) is 0.375. The average Bonchev–Trinajstić information content (AvgIpc) is 3.51. The van der Waals surface area contributed by atoms with Crippen molar-refractivity contribution in [2.45, 2.75) is 38.6 Å². The maximum absolute atomic E-state index is 12.9. The van der Waals surface area contributed by atoms with E-state index in [1.165, 1.54) is 18.5 Å². The Morgan fingerprint density at radius 2 is 1.85 bits per heavy atom. The van der Waals surface area contributed by atoms with Gasteiger partial charge in [-0.25, -0.2) is 4.98 Å². The first-order valence-electron chi connectivity index (χ1n) is 11.6. The fourth-order valence-corrected chi connectivity index (χ4v) is 4.87. The lowest BCUT2D eigenvalue weighted by atomic mass is 9.95. The molecule has 0 spiro atoms. The highest BCUT2D eigenvalue weighted by Gasteiger charge is 2.26. The summed E-state index contributed by atoms with van der Waals surface area (Å²) in [4.78, 5) is 19.7. The first kappa shape index (κ1) is 19.9. The number of amides is 1. The highest BCUT2D eigenvalue weighted by Crippen LogP contribution is 2.27. The van der Waals surface area contributed by atoms with Gasteiger partial charge in [0.05, 0.1) is 0 Å². The summed E-state index contributed by atoms with van der Waals surface area (Å²) in [5.41, 5.74) is 3.96. The number of hydrogen-bond acceptors (Lipinski definition) is 6. The van der Waals surface area contributed by atoms with Crippen LogP contribution in [0.2, 0.25) is 0 Å². The summed E-state index contributed by atoms with van der Waals surface area (Å²) in [6, 6.07) is 11.9. The van der Waals surface area contributed by atoms with Crippen LogP contribution in [0.5, 0.6) is 0 Å². The summed E-state index contributed by atoms with van der Waals surface area (Å²) < 4.78 is 4.00. The predicted octanol–water partition coefficient (Wildman–Crippen LogP) is 3.18. The van der Waals surface area contributed by atoms with Crippen LogP contribution >= 0.6 is 0 Å². The molecule has 0 saturated carbocycles. The molecular weight excluding hydrogens is 416 g/mol. The second-order valence-electron chi connectivity index (χ2n) is 8.84. The van der Waals surface area contributed by atoms with Crippen molar-refractivity contribution in [1.29, 1.82) is 0 Å². The molecule has 1 N–H and O–H groups in total. The monoisotopic (exact) mass is 442 g/mol. The van der Waals surface area contributed by atoms with Gasteiger partial charge < -0.3 is 14.8 Å². The molecule has 1 aromatic carbocycles. The van der Waals surface area contributed by atoms with Crippen molar-refractivity contribution in [3.8, 4) is 11.4 Å². The van der Waals surface area contributed by atoms with E-state index in [1.807, 2.05) is 30.5 Å². The third-order valence-electron chi connectivity index (χ3n) is 6.75. The number of benzene rings is 1.